The lowest BCUT2D eigenvalue weighted by Crippen LogP contribution is -2.62. The van der Waals surface area contributed by atoms with Gasteiger partial charge in [-0.2, -0.15) is 0 Å². The van der Waals surface area contributed by atoms with E-state index in [-0.39, 0.29) is 18.9 Å². The van der Waals surface area contributed by atoms with Gasteiger partial charge in [0.2, 0.25) is 11.8 Å². The van der Waals surface area contributed by atoms with Crippen molar-refractivity contribution in [3.05, 3.63) is 71.8 Å². The van der Waals surface area contributed by atoms with Crippen LogP contribution in [0.3, 0.4) is 0 Å². The molecule has 0 fully saturated rings. The fraction of sp³-hybridized carbons (Fsp3) is 0.531. The zero-order chi connectivity index (χ0) is 29.4. The fourth-order valence-electron chi connectivity index (χ4n) is 4.37. The van der Waals surface area contributed by atoms with Gasteiger partial charge in [-0.15, -0.1) is 0 Å². The third kappa shape index (κ3) is 12.6. The Balaban J connectivity index is 2.14. The summed E-state index contributed by atoms with van der Waals surface area (Å²) in [4.78, 5) is 39.8. The van der Waals surface area contributed by atoms with Gasteiger partial charge in [0.05, 0.1) is 0 Å². The molecule has 0 heterocycles. The summed E-state index contributed by atoms with van der Waals surface area (Å²) in [6, 6.07) is 18.1. The molecule has 0 saturated heterocycles. The molecule has 220 valence electrons. The van der Waals surface area contributed by atoms with Gasteiger partial charge in [0.25, 0.3) is 0 Å². The molecular formula is C32H47N3O5. The van der Waals surface area contributed by atoms with Gasteiger partial charge in [0, 0.05) is 26.0 Å². The highest BCUT2D eigenvalue weighted by molar-refractivity contribution is 5.94. The number of aliphatic hydroxyl groups is 1. The molecule has 0 aliphatic heterocycles. The Hall–Kier alpha value is -3.39. The van der Waals surface area contributed by atoms with E-state index in [2.05, 4.69) is 16.0 Å². The largest absolute Gasteiger partial charge is 0.444 e. The molecule has 0 radical (unpaired) electrons. The van der Waals surface area contributed by atoms with E-state index in [0.717, 1.165) is 49.7 Å². The SMILES string of the molecule is CC(C)(C)OC(=O)N[C@@](C)(Cc1ccccc1)C(=O)N[C@@H](Cc1ccccc1)C(=O)NCCCCCCCCO. The van der Waals surface area contributed by atoms with Gasteiger partial charge in [-0.05, 0) is 51.7 Å². The van der Waals surface area contributed by atoms with Gasteiger partial charge in [-0.3, -0.25) is 9.59 Å². The van der Waals surface area contributed by atoms with Crippen molar-refractivity contribution in [3.8, 4) is 0 Å². The number of hydrogen-bond acceptors (Lipinski definition) is 5. The van der Waals surface area contributed by atoms with Crippen LogP contribution in [-0.2, 0) is 27.2 Å². The normalized spacial score (nSPS) is 13.5. The molecule has 0 aliphatic rings. The van der Waals surface area contributed by atoms with E-state index in [0.29, 0.717) is 13.0 Å². The summed E-state index contributed by atoms with van der Waals surface area (Å²) in [5.74, 6) is -0.737. The molecule has 40 heavy (non-hydrogen) atoms. The first-order valence-corrected chi connectivity index (χ1v) is 14.3. The highest BCUT2D eigenvalue weighted by Gasteiger charge is 2.38. The first kappa shape index (κ1) is 32.8. The van der Waals surface area contributed by atoms with Crippen molar-refractivity contribution in [1.29, 1.82) is 0 Å². The van der Waals surface area contributed by atoms with Crippen LogP contribution < -0.4 is 16.0 Å². The minimum absolute atomic E-state index is 0.217. The van der Waals surface area contributed by atoms with Crippen molar-refractivity contribution in [2.24, 2.45) is 0 Å². The van der Waals surface area contributed by atoms with Gasteiger partial charge in [-0.1, -0.05) is 86.3 Å². The first-order chi connectivity index (χ1) is 19.0. The fourth-order valence-corrected chi connectivity index (χ4v) is 4.37. The van der Waals surface area contributed by atoms with Crippen LogP contribution in [0.4, 0.5) is 4.79 Å². The van der Waals surface area contributed by atoms with E-state index < -0.39 is 29.2 Å². The van der Waals surface area contributed by atoms with Gasteiger partial charge < -0.3 is 25.8 Å². The smallest absolute Gasteiger partial charge is 0.408 e. The van der Waals surface area contributed by atoms with Gasteiger partial charge in [0.15, 0.2) is 0 Å². The van der Waals surface area contributed by atoms with E-state index in [1.807, 2.05) is 60.7 Å². The predicted molar refractivity (Wildman–Crippen MR) is 158 cm³/mol. The molecule has 2 rings (SSSR count). The van der Waals surface area contributed by atoms with Gasteiger partial charge in [0.1, 0.15) is 17.2 Å². The molecule has 0 bridgehead atoms. The number of rotatable bonds is 16. The number of hydrogen-bond donors (Lipinski definition) is 4. The Morgan fingerprint density at radius 2 is 1.35 bits per heavy atom. The maximum absolute atomic E-state index is 13.8. The lowest BCUT2D eigenvalue weighted by molar-refractivity contribution is -0.132. The number of unbranched alkanes of at least 4 members (excludes halogenated alkanes) is 5. The molecule has 4 N–H and O–H groups in total. The third-order valence-corrected chi connectivity index (χ3v) is 6.47. The molecule has 0 unspecified atom stereocenters. The molecule has 2 atom stereocenters. The molecule has 3 amide bonds. The monoisotopic (exact) mass is 553 g/mol. The highest BCUT2D eigenvalue weighted by Crippen LogP contribution is 2.17. The third-order valence-electron chi connectivity index (χ3n) is 6.47. The van der Waals surface area contributed by atoms with Crippen LogP contribution in [0, 0.1) is 0 Å². The van der Waals surface area contributed by atoms with Crippen molar-refractivity contribution in [2.45, 2.75) is 96.2 Å². The van der Waals surface area contributed by atoms with Crippen molar-refractivity contribution in [2.75, 3.05) is 13.2 Å². The Morgan fingerprint density at radius 3 is 1.93 bits per heavy atom. The summed E-state index contributed by atoms with van der Waals surface area (Å²) in [6.07, 6.45) is 5.59. The molecule has 0 aliphatic carbocycles. The van der Waals surface area contributed by atoms with Crippen molar-refractivity contribution in [1.82, 2.24) is 16.0 Å². The van der Waals surface area contributed by atoms with Crippen LogP contribution in [0.5, 0.6) is 0 Å². The van der Waals surface area contributed by atoms with Crippen LogP contribution in [-0.4, -0.2) is 53.3 Å². The Labute approximate surface area is 239 Å². The zero-order valence-corrected chi connectivity index (χ0v) is 24.5. The summed E-state index contributed by atoms with van der Waals surface area (Å²) >= 11 is 0. The molecule has 8 nitrogen and oxygen atoms in total. The van der Waals surface area contributed by atoms with Crippen LogP contribution in [0.15, 0.2) is 60.7 Å². The second kappa shape index (κ2) is 16.7. The van der Waals surface area contributed by atoms with Crippen LogP contribution in [0.1, 0.15) is 77.3 Å². The van der Waals surface area contributed by atoms with E-state index in [1.54, 1.807) is 27.7 Å². The topological polar surface area (TPSA) is 117 Å². The van der Waals surface area contributed by atoms with E-state index >= 15 is 0 Å². The molecule has 8 heteroatoms. The Morgan fingerprint density at radius 1 is 0.800 bits per heavy atom. The molecule has 0 spiro atoms. The summed E-state index contributed by atoms with van der Waals surface area (Å²) in [5.41, 5.74) is -0.327. The van der Waals surface area contributed by atoms with Crippen LogP contribution >= 0.6 is 0 Å². The molecule has 2 aromatic rings. The second-order valence-electron chi connectivity index (χ2n) is 11.5. The van der Waals surface area contributed by atoms with Crippen molar-refractivity contribution < 1.29 is 24.2 Å². The number of alkyl carbamates (subject to hydrolysis) is 1. The van der Waals surface area contributed by atoms with E-state index in [4.69, 9.17) is 9.84 Å². The molecule has 2 aromatic carbocycles. The van der Waals surface area contributed by atoms with E-state index in [9.17, 15) is 14.4 Å². The summed E-state index contributed by atoms with van der Waals surface area (Å²) in [5, 5.41) is 17.6. The Kier molecular flexibility index (Phi) is 13.7. The lowest BCUT2D eigenvalue weighted by atomic mass is 9.91. The Bertz CT molecular complexity index is 1040. The number of carbonyl (C=O) groups is 3. The average Bonchev–Trinajstić information content (AvgIpc) is 2.89. The summed E-state index contributed by atoms with van der Waals surface area (Å²) < 4.78 is 5.45. The maximum atomic E-state index is 13.8. The number of nitrogens with one attached hydrogen (secondary N) is 3. The number of amides is 3. The van der Waals surface area contributed by atoms with Crippen LogP contribution in [0.2, 0.25) is 0 Å². The second-order valence-corrected chi connectivity index (χ2v) is 11.5. The minimum atomic E-state index is -1.37. The first-order valence-electron chi connectivity index (χ1n) is 14.3. The number of aliphatic hydroxyl groups excluding tert-OH is 1. The zero-order valence-electron chi connectivity index (χ0n) is 24.5. The molecule has 0 aromatic heterocycles. The van der Waals surface area contributed by atoms with Gasteiger partial charge in [-0.25, -0.2) is 4.79 Å². The van der Waals surface area contributed by atoms with Crippen molar-refractivity contribution in [3.63, 3.8) is 0 Å². The number of carbonyl (C=O) groups excluding carboxylic acids is 3. The van der Waals surface area contributed by atoms with Crippen LogP contribution in [0.25, 0.3) is 0 Å². The summed E-state index contributed by atoms with van der Waals surface area (Å²) in [7, 11) is 0. The van der Waals surface area contributed by atoms with Gasteiger partial charge >= 0.3 is 6.09 Å². The van der Waals surface area contributed by atoms with E-state index in [1.165, 1.54) is 0 Å². The number of ether oxygens (including phenoxy) is 1. The van der Waals surface area contributed by atoms with Crippen molar-refractivity contribution >= 4 is 17.9 Å². The minimum Gasteiger partial charge on any atom is -0.444 e. The average molecular weight is 554 g/mol. The predicted octanol–water partition coefficient (Wildman–Crippen LogP) is 4.69. The lowest BCUT2D eigenvalue weighted by Gasteiger charge is -2.32. The molecular weight excluding hydrogens is 506 g/mol. The summed E-state index contributed by atoms with van der Waals surface area (Å²) in [6.45, 7) is 7.66. The maximum Gasteiger partial charge on any atom is 0.408 e. The standard InChI is InChI=1S/C32H47N3O5/c1-31(2,3)40-30(39)35-32(4,24-26-19-13-10-14-20-26)29(38)34-27(23-25-17-11-9-12-18-25)28(37)33-21-15-7-5-6-8-16-22-36/h9-14,17-20,27,36H,5-8,15-16,21-24H2,1-4H3,(H,33,37)(H,34,38)(H,35,39)/t27-,32-/m0/s1. The molecule has 0 saturated carbocycles. The quantitative estimate of drug-likeness (QED) is 0.225. The highest BCUT2D eigenvalue weighted by atomic mass is 16.6. The number of benzene rings is 2.